The van der Waals surface area contributed by atoms with Crippen molar-refractivity contribution >= 4 is 21.4 Å². The van der Waals surface area contributed by atoms with E-state index in [4.69, 9.17) is 5.14 Å². The number of sulfonamides is 1. The zero-order valence-electron chi connectivity index (χ0n) is 13.2. The first-order valence-electron chi connectivity index (χ1n) is 7.52. The van der Waals surface area contributed by atoms with Gasteiger partial charge >= 0.3 is 0 Å². The first-order valence-corrected chi connectivity index (χ1v) is 9.06. The Hall–Kier alpha value is -1.71. The third-order valence-electron chi connectivity index (χ3n) is 4.01. The molecule has 128 valence electrons. The third kappa shape index (κ3) is 3.98. The minimum Gasteiger partial charge on any atom is -0.360 e. The van der Waals surface area contributed by atoms with Crippen molar-refractivity contribution in [2.24, 2.45) is 5.14 Å². The molecule has 1 aliphatic heterocycles. The Labute approximate surface area is 135 Å². The number of primary sulfonamides is 1. The van der Waals surface area contributed by atoms with Gasteiger partial charge in [0.1, 0.15) is 5.69 Å². The van der Waals surface area contributed by atoms with Crippen molar-refractivity contribution in [3.05, 3.63) is 28.3 Å². The summed E-state index contributed by atoms with van der Waals surface area (Å²) >= 11 is 0. The van der Waals surface area contributed by atoms with Gasteiger partial charge in [-0.15, -0.1) is 0 Å². The van der Waals surface area contributed by atoms with E-state index in [2.05, 4.69) is 5.32 Å². The van der Waals surface area contributed by atoms with E-state index in [1.54, 1.807) is 0 Å². The van der Waals surface area contributed by atoms with E-state index in [9.17, 15) is 18.5 Å². The van der Waals surface area contributed by atoms with Crippen LogP contribution in [0.5, 0.6) is 0 Å². The van der Waals surface area contributed by atoms with Gasteiger partial charge in [-0.2, -0.15) is 0 Å². The largest absolute Gasteiger partial charge is 0.360 e. The number of piperidine rings is 1. The topological polar surface area (TPSA) is 119 Å². The molecule has 0 amide bonds. The van der Waals surface area contributed by atoms with E-state index in [-0.39, 0.29) is 22.7 Å². The standard InChI is InChI=1S/C14H22N4O4S/c1-10(2)17(11-5-7-16-8-6-11)13-4-3-12(23(15,21)22)9-14(13)18(19)20/h3-4,9-11,16H,5-8H2,1-2H3,(H2,15,21,22). The fourth-order valence-corrected chi connectivity index (χ4v) is 3.56. The number of hydrogen-bond acceptors (Lipinski definition) is 6. The van der Waals surface area contributed by atoms with Gasteiger partial charge in [-0.1, -0.05) is 0 Å². The fraction of sp³-hybridized carbons (Fsp3) is 0.571. The summed E-state index contributed by atoms with van der Waals surface area (Å²) in [6, 6.07) is 4.09. The Balaban J connectivity index is 2.52. The van der Waals surface area contributed by atoms with Crippen molar-refractivity contribution in [1.82, 2.24) is 5.32 Å². The van der Waals surface area contributed by atoms with E-state index in [1.807, 2.05) is 18.7 Å². The van der Waals surface area contributed by atoms with Gasteiger partial charge in [0.25, 0.3) is 5.69 Å². The average molecular weight is 342 g/mol. The minimum absolute atomic E-state index is 0.0529. The highest BCUT2D eigenvalue weighted by Crippen LogP contribution is 2.34. The molecule has 1 aliphatic rings. The molecule has 0 radical (unpaired) electrons. The molecule has 1 fully saturated rings. The Morgan fingerprint density at radius 1 is 1.35 bits per heavy atom. The van der Waals surface area contributed by atoms with Crippen LogP contribution < -0.4 is 15.4 Å². The number of hydrogen-bond donors (Lipinski definition) is 2. The van der Waals surface area contributed by atoms with Crippen LogP contribution in [0.25, 0.3) is 0 Å². The monoisotopic (exact) mass is 342 g/mol. The SMILES string of the molecule is CC(C)N(c1ccc(S(N)(=O)=O)cc1[N+](=O)[O-])C1CCNCC1. The number of anilines is 1. The molecule has 0 aromatic heterocycles. The molecule has 8 nitrogen and oxygen atoms in total. The van der Waals surface area contributed by atoms with Crippen LogP contribution in [-0.2, 0) is 10.0 Å². The fourth-order valence-electron chi connectivity index (χ4n) is 3.03. The molecule has 1 aromatic rings. The lowest BCUT2D eigenvalue weighted by molar-refractivity contribution is -0.384. The van der Waals surface area contributed by atoms with Crippen LogP contribution in [-0.4, -0.2) is 38.5 Å². The van der Waals surface area contributed by atoms with Crippen LogP contribution in [0.15, 0.2) is 23.1 Å². The van der Waals surface area contributed by atoms with Crippen molar-refractivity contribution in [3.63, 3.8) is 0 Å². The first kappa shape index (κ1) is 17.6. The second kappa shape index (κ2) is 6.81. The summed E-state index contributed by atoms with van der Waals surface area (Å²) in [7, 11) is -3.98. The molecule has 0 aliphatic carbocycles. The smallest absolute Gasteiger partial charge is 0.293 e. The van der Waals surface area contributed by atoms with Gasteiger partial charge in [0.2, 0.25) is 10.0 Å². The Bertz CT molecular complexity index is 684. The molecular weight excluding hydrogens is 320 g/mol. The van der Waals surface area contributed by atoms with Crippen molar-refractivity contribution in [3.8, 4) is 0 Å². The van der Waals surface area contributed by atoms with Gasteiger partial charge in [-0.25, -0.2) is 13.6 Å². The summed E-state index contributed by atoms with van der Waals surface area (Å²) in [5.41, 5.74) is 0.202. The number of nitrogens with two attached hydrogens (primary N) is 1. The Kier molecular flexibility index (Phi) is 5.23. The molecule has 2 rings (SSSR count). The number of benzene rings is 1. The molecule has 0 unspecified atom stereocenters. The first-order chi connectivity index (χ1) is 10.7. The molecule has 1 saturated heterocycles. The molecular formula is C14H22N4O4S. The lowest BCUT2D eigenvalue weighted by atomic mass is 10.0. The second-order valence-corrected chi connectivity index (χ2v) is 7.50. The van der Waals surface area contributed by atoms with Crippen molar-refractivity contribution < 1.29 is 13.3 Å². The van der Waals surface area contributed by atoms with Crippen LogP contribution in [0.4, 0.5) is 11.4 Å². The quantitative estimate of drug-likeness (QED) is 0.613. The highest BCUT2D eigenvalue weighted by Gasteiger charge is 2.30. The minimum atomic E-state index is -3.98. The van der Waals surface area contributed by atoms with E-state index in [0.29, 0.717) is 5.69 Å². The van der Waals surface area contributed by atoms with Crippen molar-refractivity contribution in [2.45, 2.75) is 43.7 Å². The molecule has 0 spiro atoms. The zero-order chi connectivity index (χ0) is 17.2. The maximum absolute atomic E-state index is 11.5. The van der Waals surface area contributed by atoms with Crippen molar-refractivity contribution in [1.29, 1.82) is 0 Å². The molecule has 0 saturated carbocycles. The lowest BCUT2D eigenvalue weighted by Crippen LogP contribution is -2.46. The van der Waals surface area contributed by atoms with Crippen LogP contribution in [0.3, 0.4) is 0 Å². The van der Waals surface area contributed by atoms with E-state index in [0.717, 1.165) is 32.0 Å². The van der Waals surface area contributed by atoms with E-state index < -0.39 is 14.9 Å². The lowest BCUT2D eigenvalue weighted by Gasteiger charge is -2.39. The number of rotatable bonds is 5. The number of nitro benzene ring substituents is 1. The van der Waals surface area contributed by atoms with Gasteiger partial charge < -0.3 is 10.2 Å². The summed E-state index contributed by atoms with van der Waals surface area (Å²) in [5, 5.41) is 19.8. The van der Waals surface area contributed by atoms with Gasteiger partial charge in [-0.3, -0.25) is 10.1 Å². The maximum Gasteiger partial charge on any atom is 0.293 e. The van der Waals surface area contributed by atoms with Crippen LogP contribution in [0.2, 0.25) is 0 Å². The Morgan fingerprint density at radius 3 is 2.43 bits per heavy atom. The molecule has 1 aromatic carbocycles. The van der Waals surface area contributed by atoms with Crippen LogP contribution in [0, 0.1) is 10.1 Å². The summed E-state index contributed by atoms with van der Waals surface area (Å²) < 4.78 is 22.9. The van der Waals surface area contributed by atoms with Gasteiger partial charge in [0.15, 0.2) is 0 Å². The summed E-state index contributed by atoms with van der Waals surface area (Å²) in [5.74, 6) is 0. The predicted molar refractivity (Wildman–Crippen MR) is 88.0 cm³/mol. The molecule has 0 atom stereocenters. The Morgan fingerprint density at radius 2 is 1.96 bits per heavy atom. The summed E-state index contributed by atoms with van der Waals surface area (Å²) in [4.78, 5) is 12.6. The van der Waals surface area contributed by atoms with Gasteiger partial charge in [0.05, 0.1) is 9.82 Å². The molecule has 1 heterocycles. The highest BCUT2D eigenvalue weighted by molar-refractivity contribution is 7.89. The summed E-state index contributed by atoms with van der Waals surface area (Å²) in [6.45, 7) is 5.66. The van der Waals surface area contributed by atoms with Gasteiger partial charge in [0, 0.05) is 18.2 Å². The molecule has 23 heavy (non-hydrogen) atoms. The highest BCUT2D eigenvalue weighted by atomic mass is 32.2. The summed E-state index contributed by atoms with van der Waals surface area (Å²) in [6.07, 6.45) is 1.76. The second-order valence-electron chi connectivity index (χ2n) is 5.93. The van der Waals surface area contributed by atoms with E-state index >= 15 is 0 Å². The zero-order valence-corrected chi connectivity index (χ0v) is 14.0. The number of nitro groups is 1. The van der Waals surface area contributed by atoms with Gasteiger partial charge in [-0.05, 0) is 51.9 Å². The van der Waals surface area contributed by atoms with Crippen LogP contribution in [0.1, 0.15) is 26.7 Å². The normalized spacial score (nSPS) is 16.5. The predicted octanol–water partition coefficient (Wildman–Crippen LogP) is 1.21. The average Bonchev–Trinajstić information content (AvgIpc) is 2.47. The third-order valence-corrected chi connectivity index (χ3v) is 4.92. The number of nitrogens with one attached hydrogen (secondary N) is 1. The van der Waals surface area contributed by atoms with Crippen LogP contribution >= 0.6 is 0 Å². The van der Waals surface area contributed by atoms with E-state index in [1.165, 1.54) is 12.1 Å². The molecule has 0 bridgehead atoms. The maximum atomic E-state index is 11.5. The molecule has 3 N–H and O–H groups in total. The number of nitrogens with zero attached hydrogens (tertiary/aromatic N) is 2. The van der Waals surface area contributed by atoms with Crippen molar-refractivity contribution in [2.75, 3.05) is 18.0 Å². The molecule has 9 heteroatoms.